The first-order chi connectivity index (χ1) is 16.0. The molecule has 1 saturated carbocycles. The van der Waals surface area contributed by atoms with Crippen LogP contribution in [0.15, 0.2) is 35.9 Å². The van der Waals surface area contributed by atoms with Crippen LogP contribution in [0.1, 0.15) is 59.7 Å². The number of amides is 1. The summed E-state index contributed by atoms with van der Waals surface area (Å²) in [6.45, 7) is 3.18. The quantitative estimate of drug-likeness (QED) is 0.488. The highest BCUT2D eigenvalue weighted by molar-refractivity contribution is 5.98. The monoisotopic (exact) mass is 446 g/mol. The third kappa shape index (κ3) is 3.81. The molecule has 33 heavy (non-hydrogen) atoms. The van der Waals surface area contributed by atoms with Crippen molar-refractivity contribution < 1.29 is 14.3 Å². The molecule has 0 aromatic heterocycles. The van der Waals surface area contributed by atoms with Crippen LogP contribution < -0.4 is 20.5 Å². The lowest BCUT2D eigenvalue weighted by atomic mass is 9.94. The summed E-state index contributed by atoms with van der Waals surface area (Å²) < 4.78 is 11.9. The Hall–Kier alpha value is -3.48. The molecule has 2 aromatic rings. The highest BCUT2D eigenvalue weighted by Gasteiger charge is 2.43. The molecule has 0 atom stereocenters. The van der Waals surface area contributed by atoms with Gasteiger partial charge < -0.3 is 30.8 Å². The molecule has 7 heteroatoms. The first-order valence-electron chi connectivity index (χ1n) is 11.6. The second-order valence-corrected chi connectivity index (χ2v) is 8.99. The number of nitrogens with two attached hydrogens (primary N) is 1. The molecule has 172 valence electrons. The molecule has 0 bridgehead atoms. The van der Waals surface area contributed by atoms with Gasteiger partial charge in [-0.1, -0.05) is 6.92 Å². The largest absolute Gasteiger partial charge is 0.497 e. The molecule has 5 rings (SSSR count). The normalized spacial score (nSPS) is 18.3. The topological polar surface area (TPSA) is 101 Å². The summed E-state index contributed by atoms with van der Waals surface area (Å²) in [6, 6.07) is 9.53. The SMILES string of the molecule is CCc1cc(C(=O)N2CCC3(CC2)NC(=C2CC2)c2cc(OC)ccc2O3)cc(C=N)c1N. The van der Waals surface area contributed by atoms with Crippen LogP contribution in [0.2, 0.25) is 0 Å². The van der Waals surface area contributed by atoms with Gasteiger partial charge >= 0.3 is 0 Å². The standard InChI is InChI=1S/C26H30N4O3/c1-3-16-12-18(13-19(15-27)23(16)28)25(31)30-10-8-26(9-11-30)29-24(17-4-5-17)21-14-20(32-2)6-7-22(21)33-26/h6-7,12-15,27,29H,3-5,8-11,28H2,1-2H3. The van der Waals surface area contributed by atoms with Crippen LogP contribution in [-0.4, -0.2) is 42.9 Å². The van der Waals surface area contributed by atoms with E-state index in [-0.39, 0.29) is 5.91 Å². The van der Waals surface area contributed by atoms with Crippen molar-refractivity contribution in [1.82, 2.24) is 10.2 Å². The van der Waals surface area contributed by atoms with Crippen molar-refractivity contribution in [2.45, 2.75) is 44.8 Å². The van der Waals surface area contributed by atoms with Gasteiger partial charge in [0.1, 0.15) is 11.5 Å². The Morgan fingerprint density at radius 3 is 2.67 bits per heavy atom. The number of nitrogen functional groups attached to an aromatic ring is 1. The van der Waals surface area contributed by atoms with Crippen molar-refractivity contribution in [3.63, 3.8) is 0 Å². The van der Waals surface area contributed by atoms with Gasteiger partial charge in [0.2, 0.25) is 0 Å². The Morgan fingerprint density at radius 1 is 1.27 bits per heavy atom. The summed E-state index contributed by atoms with van der Waals surface area (Å²) in [6.07, 6.45) is 5.52. The van der Waals surface area contributed by atoms with Crippen LogP contribution in [0, 0.1) is 5.41 Å². The van der Waals surface area contributed by atoms with E-state index in [1.807, 2.05) is 36.1 Å². The average Bonchev–Trinajstić information content (AvgIpc) is 3.69. The minimum atomic E-state index is -0.515. The molecule has 2 heterocycles. The second kappa shape index (κ2) is 8.14. The number of benzene rings is 2. The van der Waals surface area contributed by atoms with E-state index in [4.69, 9.17) is 20.6 Å². The van der Waals surface area contributed by atoms with E-state index in [0.29, 0.717) is 42.7 Å². The maximum Gasteiger partial charge on any atom is 0.253 e. The Morgan fingerprint density at radius 2 is 2.03 bits per heavy atom. The number of rotatable bonds is 4. The second-order valence-electron chi connectivity index (χ2n) is 8.99. The number of anilines is 1. The zero-order valence-corrected chi connectivity index (χ0v) is 19.2. The number of aryl methyl sites for hydroxylation is 1. The van der Waals surface area contributed by atoms with Gasteiger partial charge in [0.05, 0.1) is 7.11 Å². The number of nitrogens with one attached hydrogen (secondary N) is 2. The fraction of sp³-hybridized carbons (Fsp3) is 0.385. The van der Waals surface area contributed by atoms with Crippen molar-refractivity contribution in [3.05, 3.63) is 58.2 Å². The van der Waals surface area contributed by atoms with Crippen molar-refractivity contribution in [1.29, 1.82) is 5.41 Å². The van der Waals surface area contributed by atoms with Gasteiger partial charge in [0.15, 0.2) is 5.72 Å². The number of carbonyl (C=O) groups excluding carboxylic acids is 1. The fourth-order valence-corrected chi connectivity index (χ4v) is 4.80. The first kappa shape index (κ1) is 21.4. The van der Waals surface area contributed by atoms with E-state index in [9.17, 15) is 4.79 Å². The summed E-state index contributed by atoms with van der Waals surface area (Å²) in [5.41, 5.74) is 11.9. The highest BCUT2D eigenvalue weighted by Crippen LogP contribution is 2.45. The predicted octanol–water partition coefficient (Wildman–Crippen LogP) is 3.96. The van der Waals surface area contributed by atoms with Gasteiger partial charge in [-0.2, -0.15) is 0 Å². The molecule has 1 aliphatic carbocycles. The van der Waals surface area contributed by atoms with Crippen molar-refractivity contribution in [2.75, 3.05) is 25.9 Å². The molecule has 2 fully saturated rings. The van der Waals surface area contributed by atoms with Crippen molar-refractivity contribution in [3.8, 4) is 11.5 Å². The summed E-state index contributed by atoms with van der Waals surface area (Å²) in [7, 11) is 1.67. The number of hydrogen-bond acceptors (Lipinski definition) is 6. The van der Waals surface area contributed by atoms with Gasteiger partial charge in [-0.25, -0.2) is 0 Å². The summed E-state index contributed by atoms with van der Waals surface area (Å²) >= 11 is 0. The van der Waals surface area contributed by atoms with Crippen LogP contribution in [0.3, 0.4) is 0 Å². The predicted molar refractivity (Wildman–Crippen MR) is 129 cm³/mol. The Kier molecular flexibility index (Phi) is 5.27. The smallest absolute Gasteiger partial charge is 0.253 e. The Bertz CT molecular complexity index is 1160. The average molecular weight is 447 g/mol. The van der Waals surface area contributed by atoms with Gasteiger partial charge in [0.25, 0.3) is 5.91 Å². The summed E-state index contributed by atoms with van der Waals surface area (Å²) in [5, 5.41) is 11.3. The minimum absolute atomic E-state index is 0.0237. The molecule has 3 aliphatic rings. The molecule has 1 spiro atoms. The minimum Gasteiger partial charge on any atom is -0.497 e. The number of piperidine rings is 1. The number of likely N-dealkylation sites (tertiary alicyclic amines) is 1. The number of carbonyl (C=O) groups is 1. The lowest BCUT2D eigenvalue weighted by Crippen LogP contribution is -2.59. The first-order valence-corrected chi connectivity index (χ1v) is 11.6. The van der Waals surface area contributed by atoms with Crippen LogP contribution in [0.4, 0.5) is 5.69 Å². The molecule has 0 radical (unpaired) electrons. The fourth-order valence-electron chi connectivity index (χ4n) is 4.80. The molecule has 2 aliphatic heterocycles. The zero-order valence-electron chi connectivity index (χ0n) is 19.2. The van der Waals surface area contributed by atoms with E-state index >= 15 is 0 Å². The van der Waals surface area contributed by atoms with E-state index in [2.05, 4.69) is 5.32 Å². The maximum absolute atomic E-state index is 13.3. The summed E-state index contributed by atoms with van der Waals surface area (Å²) in [5.74, 6) is 1.66. The van der Waals surface area contributed by atoms with Crippen LogP contribution in [-0.2, 0) is 6.42 Å². The van der Waals surface area contributed by atoms with E-state index in [1.54, 1.807) is 13.2 Å². The van der Waals surface area contributed by atoms with E-state index < -0.39 is 5.72 Å². The van der Waals surface area contributed by atoms with Gasteiger partial charge in [-0.15, -0.1) is 0 Å². The van der Waals surface area contributed by atoms with Crippen molar-refractivity contribution >= 4 is 23.5 Å². The molecule has 0 unspecified atom stereocenters. The number of methoxy groups -OCH3 is 1. The van der Waals surface area contributed by atoms with Crippen molar-refractivity contribution in [2.24, 2.45) is 0 Å². The number of ether oxygens (including phenoxy) is 2. The van der Waals surface area contributed by atoms with Crippen LogP contribution in [0.5, 0.6) is 11.5 Å². The lowest BCUT2D eigenvalue weighted by molar-refractivity contribution is -0.0147. The third-order valence-electron chi connectivity index (χ3n) is 6.91. The van der Waals surface area contributed by atoms with Gasteiger partial charge in [0, 0.05) is 60.2 Å². The number of nitrogens with zero attached hydrogens (tertiary/aromatic N) is 1. The third-order valence-corrected chi connectivity index (χ3v) is 6.91. The number of fused-ring (bicyclic) bond motifs is 1. The number of allylic oxidation sites excluding steroid dienone is 1. The van der Waals surface area contributed by atoms with Crippen LogP contribution >= 0.6 is 0 Å². The summed E-state index contributed by atoms with van der Waals surface area (Å²) in [4.78, 5) is 15.2. The van der Waals surface area contributed by atoms with Gasteiger partial charge in [-0.05, 0) is 60.7 Å². The Balaban J connectivity index is 1.36. The molecule has 7 nitrogen and oxygen atoms in total. The van der Waals surface area contributed by atoms with Crippen LogP contribution in [0.25, 0.3) is 5.70 Å². The Labute approximate surface area is 194 Å². The number of hydrogen-bond donors (Lipinski definition) is 3. The lowest BCUT2D eigenvalue weighted by Gasteiger charge is -2.46. The molecule has 4 N–H and O–H groups in total. The zero-order chi connectivity index (χ0) is 23.2. The van der Waals surface area contributed by atoms with E-state index in [0.717, 1.165) is 47.6 Å². The highest BCUT2D eigenvalue weighted by atomic mass is 16.5. The molecular formula is C26H30N4O3. The molecule has 1 saturated heterocycles. The molecule has 2 aromatic carbocycles. The van der Waals surface area contributed by atoms with E-state index in [1.165, 1.54) is 11.8 Å². The molecular weight excluding hydrogens is 416 g/mol. The molecule has 1 amide bonds. The van der Waals surface area contributed by atoms with Gasteiger partial charge in [-0.3, -0.25) is 4.79 Å². The maximum atomic E-state index is 13.3.